The van der Waals surface area contributed by atoms with Crippen molar-refractivity contribution in [1.29, 1.82) is 0 Å². The predicted molar refractivity (Wildman–Crippen MR) is 70.8 cm³/mol. The van der Waals surface area contributed by atoms with E-state index in [1.807, 2.05) is 17.4 Å². The summed E-state index contributed by atoms with van der Waals surface area (Å²) in [6.45, 7) is 6.59. The first kappa shape index (κ1) is 11.3. The van der Waals surface area contributed by atoms with E-state index in [1.54, 1.807) is 0 Å². The van der Waals surface area contributed by atoms with Crippen molar-refractivity contribution in [3.8, 4) is 11.3 Å². The van der Waals surface area contributed by atoms with Gasteiger partial charge >= 0.3 is 0 Å². The topological polar surface area (TPSA) is 12.9 Å². The van der Waals surface area contributed by atoms with E-state index in [0.717, 1.165) is 11.4 Å². The van der Waals surface area contributed by atoms with Crippen molar-refractivity contribution in [2.45, 2.75) is 27.2 Å². The first-order valence-electron chi connectivity index (χ1n) is 5.68. The van der Waals surface area contributed by atoms with Crippen LogP contribution in [-0.2, 0) is 6.42 Å². The number of nitrogens with zero attached hydrogens (tertiary/aromatic N) is 1. The maximum atomic E-state index is 4.65. The molecule has 0 saturated carbocycles. The summed E-state index contributed by atoms with van der Waals surface area (Å²) in [7, 11) is 0. The largest absolute Gasteiger partial charge is 0.241 e. The molecular formula is C14H17NS. The van der Waals surface area contributed by atoms with Gasteiger partial charge in [0.2, 0.25) is 0 Å². The van der Waals surface area contributed by atoms with E-state index >= 15 is 0 Å². The minimum Gasteiger partial charge on any atom is -0.241 e. The fraction of sp³-hybridized carbons (Fsp3) is 0.357. The number of rotatable bonds is 3. The van der Waals surface area contributed by atoms with Crippen LogP contribution in [0.25, 0.3) is 11.3 Å². The van der Waals surface area contributed by atoms with Crippen LogP contribution < -0.4 is 0 Å². The van der Waals surface area contributed by atoms with Gasteiger partial charge in [-0.2, -0.15) is 0 Å². The molecule has 0 unspecified atom stereocenters. The molecule has 2 rings (SSSR count). The summed E-state index contributed by atoms with van der Waals surface area (Å²) in [5.74, 6) is 0.683. The highest BCUT2D eigenvalue weighted by Gasteiger charge is 2.11. The summed E-state index contributed by atoms with van der Waals surface area (Å²) < 4.78 is 0. The lowest BCUT2D eigenvalue weighted by atomic mass is 10.1. The van der Waals surface area contributed by atoms with Crippen molar-refractivity contribution < 1.29 is 0 Å². The van der Waals surface area contributed by atoms with Crippen LogP contribution in [0.5, 0.6) is 0 Å². The zero-order chi connectivity index (χ0) is 11.5. The normalized spacial score (nSPS) is 11.0. The van der Waals surface area contributed by atoms with Gasteiger partial charge in [-0.15, -0.1) is 11.3 Å². The second-order valence-electron chi connectivity index (χ2n) is 4.47. The number of aryl methyl sites for hydroxylation is 1. The van der Waals surface area contributed by atoms with Gasteiger partial charge in [0.05, 0.1) is 10.7 Å². The highest BCUT2D eigenvalue weighted by molar-refractivity contribution is 7.12. The van der Waals surface area contributed by atoms with E-state index in [4.69, 9.17) is 0 Å². The molecule has 84 valence electrons. The summed E-state index contributed by atoms with van der Waals surface area (Å²) in [5.41, 5.74) is 2.42. The van der Waals surface area contributed by atoms with Crippen LogP contribution in [0.15, 0.2) is 30.3 Å². The van der Waals surface area contributed by atoms with Crippen LogP contribution in [0.1, 0.15) is 23.7 Å². The Morgan fingerprint density at radius 1 is 1.19 bits per heavy atom. The van der Waals surface area contributed by atoms with Crippen LogP contribution in [0, 0.1) is 12.8 Å². The Balaban J connectivity index is 2.40. The molecule has 1 aromatic heterocycles. The predicted octanol–water partition coefficient (Wildman–Crippen LogP) is 4.32. The Labute approximate surface area is 101 Å². The van der Waals surface area contributed by atoms with Crippen molar-refractivity contribution >= 4 is 11.3 Å². The van der Waals surface area contributed by atoms with E-state index in [0.29, 0.717) is 5.92 Å². The lowest BCUT2D eigenvalue weighted by Gasteiger charge is -2.04. The number of aromatic nitrogens is 1. The van der Waals surface area contributed by atoms with Crippen molar-refractivity contribution in [2.75, 3.05) is 0 Å². The van der Waals surface area contributed by atoms with E-state index in [1.165, 1.54) is 16.1 Å². The first-order valence-corrected chi connectivity index (χ1v) is 6.50. The van der Waals surface area contributed by atoms with E-state index in [2.05, 4.69) is 50.0 Å². The molecule has 1 heterocycles. The Morgan fingerprint density at radius 2 is 1.88 bits per heavy atom. The molecule has 0 atom stereocenters. The van der Waals surface area contributed by atoms with Crippen LogP contribution in [0.3, 0.4) is 0 Å². The monoisotopic (exact) mass is 231 g/mol. The van der Waals surface area contributed by atoms with E-state index in [-0.39, 0.29) is 0 Å². The molecule has 2 aromatic rings. The third-order valence-electron chi connectivity index (χ3n) is 2.45. The maximum absolute atomic E-state index is 4.65. The first-order chi connectivity index (χ1) is 7.66. The zero-order valence-corrected chi connectivity index (χ0v) is 10.8. The van der Waals surface area contributed by atoms with Gasteiger partial charge in [0.1, 0.15) is 0 Å². The summed E-state index contributed by atoms with van der Waals surface area (Å²) in [6, 6.07) is 10.5. The van der Waals surface area contributed by atoms with Gasteiger partial charge in [0, 0.05) is 10.4 Å². The second kappa shape index (κ2) is 4.79. The minimum absolute atomic E-state index is 0.683. The van der Waals surface area contributed by atoms with Crippen LogP contribution in [-0.4, -0.2) is 4.98 Å². The van der Waals surface area contributed by atoms with Gasteiger partial charge in [0.25, 0.3) is 0 Å². The Bertz CT molecular complexity index is 457. The average molecular weight is 231 g/mol. The molecule has 0 radical (unpaired) electrons. The number of thiazole rings is 1. The SMILES string of the molecule is Cc1nc(-c2ccccc2)c(CC(C)C)s1. The van der Waals surface area contributed by atoms with Crippen molar-refractivity contribution in [2.24, 2.45) is 5.92 Å². The Hall–Kier alpha value is -1.15. The van der Waals surface area contributed by atoms with Gasteiger partial charge in [-0.3, -0.25) is 0 Å². The maximum Gasteiger partial charge on any atom is 0.0904 e. The number of hydrogen-bond donors (Lipinski definition) is 0. The molecule has 2 heteroatoms. The molecule has 0 N–H and O–H groups in total. The zero-order valence-electron chi connectivity index (χ0n) is 10.0. The van der Waals surface area contributed by atoms with Gasteiger partial charge in [-0.1, -0.05) is 44.2 Å². The molecule has 0 amide bonds. The summed E-state index contributed by atoms with van der Waals surface area (Å²) >= 11 is 1.83. The van der Waals surface area contributed by atoms with Crippen molar-refractivity contribution in [1.82, 2.24) is 4.98 Å². The third kappa shape index (κ3) is 2.50. The third-order valence-corrected chi connectivity index (χ3v) is 3.44. The highest BCUT2D eigenvalue weighted by Crippen LogP contribution is 2.29. The van der Waals surface area contributed by atoms with E-state index < -0.39 is 0 Å². The molecule has 0 saturated heterocycles. The summed E-state index contributed by atoms with van der Waals surface area (Å²) in [6.07, 6.45) is 1.12. The molecule has 1 aromatic carbocycles. The lowest BCUT2D eigenvalue weighted by molar-refractivity contribution is 0.654. The van der Waals surface area contributed by atoms with Crippen LogP contribution in [0.4, 0.5) is 0 Å². The average Bonchev–Trinajstić information content (AvgIpc) is 2.60. The molecular weight excluding hydrogens is 214 g/mol. The van der Waals surface area contributed by atoms with Gasteiger partial charge in [-0.05, 0) is 19.3 Å². The van der Waals surface area contributed by atoms with Crippen molar-refractivity contribution in [3.63, 3.8) is 0 Å². The van der Waals surface area contributed by atoms with Gasteiger partial charge < -0.3 is 0 Å². The number of benzene rings is 1. The fourth-order valence-electron chi connectivity index (χ4n) is 1.80. The van der Waals surface area contributed by atoms with Gasteiger partial charge in [-0.25, -0.2) is 4.98 Å². The Morgan fingerprint density at radius 3 is 2.50 bits per heavy atom. The molecule has 0 aliphatic carbocycles. The smallest absolute Gasteiger partial charge is 0.0904 e. The molecule has 0 bridgehead atoms. The van der Waals surface area contributed by atoms with Crippen LogP contribution in [0.2, 0.25) is 0 Å². The quantitative estimate of drug-likeness (QED) is 0.766. The fourth-order valence-corrected chi connectivity index (χ4v) is 2.97. The molecule has 0 spiro atoms. The van der Waals surface area contributed by atoms with Gasteiger partial charge in [0.15, 0.2) is 0 Å². The summed E-state index contributed by atoms with van der Waals surface area (Å²) in [4.78, 5) is 6.07. The molecule has 0 aliphatic rings. The van der Waals surface area contributed by atoms with Crippen LogP contribution >= 0.6 is 11.3 Å². The highest BCUT2D eigenvalue weighted by atomic mass is 32.1. The molecule has 0 aliphatic heterocycles. The standard InChI is InChI=1S/C14H17NS/c1-10(2)9-13-14(15-11(3)16-13)12-7-5-4-6-8-12/h4-8,10H,9H2,1-3H3. The summed E-state index contributed by atoms with van der Waals surface area (Å²) in [5, 5.41) is 1.16. The molecule has 16 heavy (non-hydrogen) atoms. The second-order valence-corrected chi connectivity index (χ2v) is 5.76. The Kier molecular flexibility index (Phi) is 3.39. The molecule has 0 fully saturated rings. The molecule has 1 nitrogen and oxygen atoms in total. The van der Waals surface area contributed by atoms with E-state index in [9.17, 15) is 0 Å². The van der Waals surface area contributed by atoms with Crippen molar-refractivity contribution in [3.05, 3.63) is 40.2 Å². The minimum atomic E-state index is 0.683. The number of hydrogen-bond acceptors (Lipinski definition) is 2. The lowest BCUT2D eigenvalue weighted by Crippen LogP contribution is -1.93.